The number of amides is 2. The summed E-state index contributed by atoms with van der Waals surface area (Å²) in [5.41, 5.74) is 3.69. The number of rotatable bonds is 4. The van der Waals surface area contributed by atoms with Gasteiger partial charge in [0.1, 0.15) is 6.33 Å². The van der Waals surface area contributed by atoms with Gasteiger partial charge < -0.3 is 10.6 Å². The molecule has 0 saturated heterocycles. The molecule has 2 atom stereocenters. The maximum atomic E-state index is 13.2. The number of aromatic nitrogens is 6. The van der Waals surface area contributed by atoms with Crippen molar-refractivity contribution in [1.29, 1.82) is 0 Å². The first-order valence-electron chi connectivity index (χ1n) is 12.3. The third-order valence-electron chi connectivity index (χ3n) is 6.98. The molecule has 1 fully saturated rings. The molecular formula is C27H23ClN8O2. The Bertz CT molecular complexity index is 1550. The number of hydrogen-bond acceptors (Lipinski definition) is 7. The van der Waals surface area contributed by atoms with Crippen LogP contribution in [0.25, 0.3) is 23.0 Å². The topological polar surface area (TPSA) is 128 Å². The molecule has 1 aliphatic carbocycles. The molecule has 2 bridgehead atoms. The molecule has 0 radical (unpaired) electrons. The lowest BCUT2D eigenvalue weighted by Crippen LogP contribution is -2.36. The van der Waals surface area contributed by atoms with Crippen LogP contribution in [0.4, 0.5) is 5.69 Å². The fourth-order valence-corrected chi connectivity index (χ4v) is 5.24. The Labute approximate surface area is 223 Å². The van der Waals surface area contributed by atoms with E-state index < -0.39 is 5.54 Å². The number of halogens is 1. The number of anilines is 1. The minimum atomic E-state index is -0.616. The summed E-state index contributed by atoms with van der Waals surface area (Å²) in [6.45, 7) is 0. The first-order valence-corrected chi connectivity index (χ1v) is 12.6. The number of benzene rings is 1. The Morgan fingerprint density at radius 1 is 1.18 bits per heavy atom. The molecule has 0 spiro atoms. The highest BCUT2D eigenvalue weighted by Crippen LogP contribution is 2.54. The average Bonchev–Trinajstić information content (AvgIpc) is 3.33. The van der Waals surface area contributed by atoms with Crippen LogP contribution in [0.3, 0.4) is 0 Å². The van der Waals surface area contributed by atoms with E-state index in [1.807, 2.05) is 18.2 Å². The number of tetrazole rings is 1. The number of nitrogens with one attached hydrogen (secondary N) is 2. The number of nitrogens with zero attached hydrogens (tertiary/aromatic N) is 6. The maximum Gasteiger partial charge on any atom is 0.244 e. The molecule has 6 rings (SSSR count). The van der Waals surface area contributed by atoms with E-state index in [9.17, 15) is 9.59 Å². The Morgan fingerprint density at radius 3 is 2.97 bits per heavy atom. The molecule has 190 valence electrons. The zero-order chi connectivity index (χ0) is 26.1. The van der Waals surface area contributed by atoms with Crippen molar-refractivity contribution in [2.75, 3.05) is 5.32 Å². The van der Waals surface area contributed by atoms with Gasteiger partial charge in [0, 0.05) is 41.0 Å². The van der Waals surface area contributed by atoms with E-state index in [0.29, 0.717) is 40.5 Å². The number of hydrogen-bond donors (Lipinski definition) is 2. The summed E-state index contributed by atoms with van der Waals surface area (Å²) in [5, 5.41) is 18.0. The Morgan fingerprint density at radius 2 is 2.11 bits per heavy atom. The highest BCUT2D eigenvalue weighted by molar-refractivity contribution is 6.30. The summed E-state index contributed by atoms with van der Waals surface area (Å²) >= 11 is 6.21. The monoisotopic (exact) mass is 526 g/mol. The third-order valence-corrected chi connectivity index (χ3v) is 7.21. The van der Waals surface area contributed by atoms with Crippen LogP contribution in [-0.4, -0.2) is 42.0 Å². The van der Waals surface area contributed by atoms with Crippen molar-refractivity contribution in [3.8, 4) is 16.9 Å². The van der Waals surface area contributed by atoms with Gasteiger partial charge in [-0.25, -0.2) is 0 Å². The molecule has 2 aliphatic rings. The second kappa shape index (κ2) is 9.79. The normalized spacial score (nSPS) is 20.4. The molecule has 2 N–H and O–H groups in total. The van der Waals surface area contributed by atoms with Crippen molar-refractivity contribution in [1.82, 2.24) is 35.5 Å². The maximum absolute atomic E-state index is 13.2. The van der Waals surface area contributed by atoms with Crippen LogP contribution < -0.4 is 10.6 Å². The van der Waals surface area contributed by atoms with Crippen molar-refractivity contribution in [3.05, 3.63) is 83.5 Å². The molecule has 4 heterocycles. The molecular weight excluding hydrogens is 504 g/mol. The van der Waals surface area contributed by atoms with Crippen LogP contribution in [0.1, 0.15) is 36.9 Å². The highest BCUT2D eigenvalue weighted by Gasteiger charge is 2.56. The molecule has 1 aliphatic heterocycles. The standard InChI is InChI=1S/C27H23ClN8O2/c28-20-7-8-22(36-16-31-34-35-36)17(13-20)6-9-25(38)33-27-15-19(27)3-1-5-24(37)32-21-4-2-11-30-26(21)18-10-12-29-23(27)14-18/h2,4,6-14,16,19H,1,3,5,15H2,(H,32,37)(H,33,38)/b9-6+/t19-,27?/m1/s1. The summed E-state index contributed by atoms with van der Waals surface area (Å²) in [5.74, 6) is -0.140. The van der Waals surface area contributed by atoms with Crippen molar-refractivity contribution < 1.29 is 9.59 Å². The Hall–Kier alpha value is -4.44. The van der Waals surface area contributed by atoms with E-state index in [4.69, 9.17) is 11.6 Å². The molecule has 1 saturated carbocycles. The largest absolute Gasteiger partial charge is 0.341 e. The first kappa shape index (κ1) is 23.9. The third kappa shape index (κ3) is 4.66. The lowest BCUT2D eigenvalue weighted by atomic mass is 10.0. The highest BCUT2D eigenvalue weighted by atomic mass is 35.5. The van der Waals surface area contributed by atoms with Crippen LogP contribution in [0.15, 0.2) is 67.3 Å². The van der Waals surface area contributed by atoms with E-state index in [0.717, 1.165) is 24.1 Å². The smallest absolute Gasteiger partial charge is 0.244 e. The molecule has 1 aromatic carbocycles. The SMILES string of the molecule is O=C(/C=C/c1cc(Cl)ccc1-n1cnnn1)NC12C[C@H]1CCCC(=O)Nc1cccnc1-c1ccnc2c1. The molecule has 1 unspecified atom stereocenters. The number of fused-ring (bicyclic) bond motifs is 6. The van der Waals surface area contributed by atoms with E-state index in [2.05, 4.69) is 36.1 Å². The Balaban J connectivity index is 1.31. The van der Waals surface area contributed by atoms with Gasteiger partial charge >= 0.3 is 0 Å². The van der Waals surface area contributed by atoms with Gasteiger partial charge in [0.25, 0.3) is 0 Å². The van der Waals surface area contributed by atoms with Crippen molar-refractivity contribution in [2.24, 2.45) is 5.92 Å². The molecule has 2 amide bonds. The minimum Gasteiger partial charge on any atom is -0.341 e. The van der Waals surface area contributed by atoms with Gasteiger partial charge in [0.05, 0.1) is 28.3 Å². The minimum absolute atomic E-state index is 0.0489. The Kier molecular flexibility index (Phi) is 6.16. The summed E-state index contributed by atoms with van der Waals surface area (Å²) < 4.78 is 1.51. The van der Waals surface area contributed by atoms with Gasteiger partial charge in [-0.15, -0.1) is 5.10 Å². The van der Waals surface area contributed by atoms with Gasteiger partial charge in [-0.3, -0.25) is 19.6 Å². The fourth-order valence-electron chi connectivity index (χ4n) is 5.05. The average molecular weight is 527 g/mol. The summed E-state index contributed by atoms with van der Waals surface area (Å²) in [7, 11) is 0. The fraction of sp³-hybridized carbons (Fsp3) is 0.222. The second-order valence-electron chi connectivity index (χ2n) is 9.42. The lowest BCUT2D eigenvalue weighted by Gasteiger charge is -2.20. The molecule has 3 aromatic heterocycles. The van der Waals surface area contributed by atoms with Gasteiger partial charge in [-0.05, 0) is 84.1 Å². The lowest BCUT2D eigenvalue weighted by molar-refractivity contribution is -0.118. The number of carbonyl (C=O) groups is 2. The van der Waals surface area contributed by atoms with Crippen LogP contribution in [-0.2, 0) is 15.1 Å². The van der Waals surface area contributed by atoms with Gasteiger partial charge in [0.15, 0.2) is 0 Å². The molecule has 4 aromatic rings. The van der Waals surface area contributed by atoms with Crippen molar-refractivity contribution in [3.63, 3.8) is 0 Å². The van der Waals surface area contributed by atoms with E-state index in [1.54, 1.807) is 42.7 Å². The predicted molar refractivity (Wildman–Crippen MR) is 141 cm³/mol. The number of pyridine rings is 2. The first-order chi connectivity index (χ1) is 18.5. The summed E-state index contributed by atoms with van der Waals surface area (Å²) in [4.78, 5) is 35.0. The van der Waals surface area contributed by atoms with Gasteiger partial charge in [0.2, 0.25) is 11.8 Å². The van der Waals surface area contributed by atoms with E-state index in [-0.39, 0.29) is 17.7 Å². The van der Waals surface area contributed by atoms with Gasteiger partial charge in [-0.1, -0.05) is 11.6 Å². The number of carbonyl (C=O) groups excluding carboxylic acids is 2. The zero-order valence-electron chi connectivity index (χ0n) is 20.2. The molecule has 11 heteroatoms. The van der Waals surface area contributed by atoms with Crippen LogP contribution in [0.2, 0.25) is 5.02 Å². The summed E-state index contributed by atoms with van der Waals surface area (Å²) in [6, 6.07) is 12.7. The second-order valence-corrected chi connectivity index (χ2v) is 9.86. The van der Waals surface area contributed by atoms with E-state index in [1.165, 1.54) is 17.1 Å². The van der Waals surface area contributed by atoms with Gasteiger partial charge in [-0.2, -0.15) is 4.68 Å². The van der Waals surface area contributed by atoms with Crippen LogP contribution in [0, 0.1) is 5.92 Å². The van der Waals surface area contributed by atoms with Crippen LogP contribution in [0.5, 0.6) is 0 Å². The van der Waals surface area contributed by atoms with E-state index >= 15 is 0 Å². The van der Waals surface area contributed by atoms with Crippen LogP contribution >= 0.6 is 11.6 Å². The predicted octanol–water partition coefficient (Wildman–Crippen LogP) is 3.94. The molecule has 10 nitrogen and oxygen atoms in total. The van der Waals surface area contributed by atoms with Crippen molar-refractivity contribution >= 4 is 35.2 Å². The van der Waals surface area contributed by atoms with Crippen molar-refractivity contribution in [2.45, 2.75) is 31.2 Å². The zero-order valence-corrected chi connectivity index (χ0v) is 21.0. The quantitative estimate of drug-likeness (QED) is 0.385. The summed E-state index contributed by atoms with van der Waals surface area (Å²) in [6.07, 6.45) is 10.7. The molecule has 38 heavy (non-hydrogen) atoms.